The minimum absolute atomic E-state index is 0.263. The van der Waals surface area contributed by atoms with Gasteiger partial charge in [-0.05, 0) is 19.1 Å². The molecule has 0 spiro atoms. The van der Waals surface area contributed by atoms with Crippen LogP contribution < -0.4 is 10.5 Å². The van der Waals surface area contributed by atoms with Crippen LogP contribution in [-0.4, -0.2) is 66.4 Å². The van der Waals surface area contributed by atoms with Crippen molar-refractivity contribution in [2.45, 2.75) is 13.0 Å². The summed E-state index contributed by atoms with van der Waals surface area (Å²) in [5.41, 5.74) is 6.41. The van der Waals surface area contributed by atoms with Crippen LogP contribution in [0.15, 0.2) is 24.3 Å². The molecule has 1 unspecified atom stereocenters. The Hall–Kier alpha value is -1.79. The monoisotopic (exact) mass is 293 g/mol. The summed E-state index contributed by atoms with van der Waals surface area (Å²) in [5, 5.41) is 10.0. The van der Waals surface area contributed by atoms with Crippen LogP contribution in [0.4, 0.5) is 4.79 Å². The number of nitrogens with zero attached hydrogens (tertiary/aromatic N) is 2. The Bertz CT molecular complexity index is 456. The molecule has 116 valence electrons. The number of amides is 2. The average molecular weight is 293 g/mol. The van der Waals surface area contributed by atoms with Gasteiger partial charge in [-0.15, -0.1) is 0 Å². The molecule has 0 radical (unpaired) electrons. The van der Waals surface area contributed by atoms with Crippen LogP contribution in [0.25, 0.3) is 0 Å². The summed E-state index contributed by atoms with van der Waals surface area (Å²) in [4.78, 5) is 14.8. The SMILES string of the molecule is Cc1ccc(OCC(O)CN2CCN(C(N)=O)CC2)cc1. The lowest BCUT2D eigenvalue weighted by molar-refractivity contribution is 0.0522. The third-order valence-corrected chi connectivity index (χ3v) is 3.62. The van der Waals surface area contributed by atoms with E-state index in [2.05, 4.69) is 4.90 Å². The Kier molecular flexibility index (Phi) is 5.41. The van der Waals surface area contributed by atoms with Crippen molar-refractivity contribution >= 4 is 6.03 Å². The highest BCUT2D eigenvalue weighted by Gasteiger charge is 2.21. The van der Waals surface area contributed by atoms with Crippen molar-refractivity contribution in [1.29, 1.82) is 0 Å². The van der Waals surface area contributed by atoms with E-state index in [0.29, 0.717) is 19.6 Å². The number of primary amides is 1. The quantitative estimate of drug-likeness (QED) is 0.825. The Morgan fingerprint density at radius 2 is 1.90 bits per heavy atom. The molecule has 1 atom stereocenters. The molecule has 0 bridgehead atoms. The maximum absolute atomic E-state index is 11.0. The third kappa shape index (κ3) is 4.91. The van der Waals surface area contributed by atoms with E-state index >= 15 is 0 Å². The average Bonchev–Trinajstić information content (AvgIpc) is 2.47. The Labute approximate surface area is 125 Å². The van der Waals surface area contributed by atoms with Crippen LogP contribution in [0, 0.1) is 6.92 Å². The first-order valence-corrected chi connectivity index (χ1v) is 7.19. The molecule has 6 nitrogen and oxygen atoms in total. The van der Waals surface area contributed by atoms with Crippen molar-refractivity contribution in [3.8, 4) is 5.75 Å². The Morgan fingerprint density at radius 1 is 1.29 bits per heavy atom. The second-order valence-corrected chi connectivity index (χ2v) is 5.40. The molecule has 1 fully saturated rings. The maximum atomic E-state index is 11.0. The highest BCUT2D eigenvalue weighted by Crippen LogP contribution is 2.12. The standard InChI is InChI=1S/C15H23N3O3/c1-12-2-4-14(5-3-12)21-11-13(19)10-17-6-8-18(9-7-17)15(16)20/h2-5,13,19H,6-11H2,1H3,(H2,16,20). The molecule has 0 saturated carbocycles. The smallest absolute Gasteiger partial charge is 0.314 e. The Morgan fingerprint density at radius 3 is 2.48 bits per heavy atom. The van der Waals surface area contributed by atoms with Gasteiger partial charge in [0.15, 0.2) is 0 Å². The van der Waals surface area contributed by atoms with E-state index in [4.69, 9.17) is 10.5 Å². The molecule has 1 aliphatic rings. The second-order valence-electron chi connectivity index (χ2n) is 5.40. The molecular formula is C15H23N3O3. The number of hydrogen-bond donors (Lipinski definition) is 2. The first kappa shape index (κ1) is 15.6. The fraction of sp³-hybridized carbons (Fsp3) is 0.533. The maximum Gasteiger partial charge on any atom is 0.314 e. The summed E-state index contributed by atoms with van der Waals surface area (Å²) < 4.78 is 5.56. The number of aryl methyl sites for hydroxylation is 1. The van der Waals surface area contributed by atoms with E-state index in [0.717, 1.165) is 18.8 Å². The number of aliphatic hydroxyl groups is 1. The fourth-order valence-corrected chi connectivity index (χ4v) is 2.33. The van der Waals surface area contributed by atoms with Gasteiger partial charge in [0.25, 0.3) is 0 Å². The molecule has 1 aromatic rings. The summed E-state index contributed by atoms with van der Waals surface area (Å²) in [6.45, 7) is 5.50. The van der Waals surface area contributed by atoms with E-state index < -0.39 is 6.10 Å². The molecule has 1 saturated heterocycles. The lowest BCUT2D eigenvalue weighted by Gasteiger charge is -2.34. The molecule has 6 heteroatoms. The number of benzene rings is 1. The van der Waals surface area contributed by atoms with Gasteiger partial charge in [-0.1, -0.05) is 17.7 Å². The van der Waals surface area contributed by atoms with Crippen molar-refractivity contribution in [2.75, 3.05) is 39.3 Å². The predicted molar refractivity (Wildman–Crippen MR) is 80.3 cm³/mol. The van der Waals surface area contributed by atoms with Crippen LogP contribution >= 0.6 is 0 Å². The van der Waals surface area contributed by atoms with Crippen LogP contribution in [-0.2, 0) is 0 Å². The van der Waals surface area contributed by atoms with E-state index in [1.807, 2.05) is 31.2 Å². The van der Waals surface area contributed by atoms with Crippen molar-refractivity contribution in [2.24, 2.45) is 5.73 Å². The predicted octanol–water partition coefficient (Wildman–Crippen LogP) is 0.431. The zero-order valence-corrected chi connectivity index (χ0v) is 12.4. The number of piperazine rings is 1. The number of β-amino-alcohol motifs (C(OH)–C–C–N with tert-alkyl or cyclic N) is 1. The fourth-order valence-electron chi connectivity index (χ4n) is 2.33. The summed E-state index contributed by atoms with van der Waals surface area (Å²) in [6, 6.07) is 7.37. The van der Waals surface area contributed by atoms with E-state index in [-0.39, 0.29) is 12.6 Å². The molecule has 1 heterocycles. The molecule has 0 aliphatic carbocycles. The normalized spacial score (nSPS) is 17.5. The van der Waals surface area contributed by atoms with E-state index in [9.17, 15) is 9.90 Å². The number of nitrogens with two attached hydrogens (primary N) is 1. The summed E-state index contributed by atoms with van der Waals surface area (Å²) >= 11 is 0. The van der Waals surface area contributed by atoms with Crippen LogP contribution in [0.2, 0.25) is 0 Å². The number of rotatable bonds is 5. The molecule has 1 aromatic carbocycles. The van der Waals surface area contributed by atoms with E-state index in [1.54, 1.807) is 4.90 Å². The highest BCUT2D eigenvalue weighted by atomic mass is 16.5. The van der Waals surface area contributed by atoms with Gasteiger partial charge in [-0.2, -0.15) is 0 Å². The molecule has 0 aromatic heterocycles. The zero-order valence-electron chi connectivity index (χ0n) is 12.4. The number of aliphatic hydroxyl groups excluding tert-OH is 1. The van der Waals surface area contributed by atoms with E-state index in [1.165, 1.54) is 5.56 Å². The van der Waals surface area contributed by atoms with Crippen molar-refractivity contribution in [3.63, 3.8) is 0 Å². The first-order valence-electron chi connectivity index (χ1n) is 7.19. The molecule has 3 N–H and O–H groups in total. The minimum atomic E-state index is -0.550. The highest BCUT2D eigenvalue weighted by molar-refractivity contribution is 5.72. The van der Waals surface area contributed by atoms with Gasteiger partial charge in [0.2, 0.25) is 0 Å². The van der Waals surface area contributed by atoms with Gasteiger partial charge in [0.05, 0.1) is 0 Å². The van der Waals surface area contributed by atoms with Crippen molar-refractivity contribution < 1.29 is 14.6 Å². The largest absolute Gasteiger partial charge is 0.491 e. The number of carbonyl (C=O) groups excluding carboxylic acids is 1. The van der Waals surface area contributed by atoms with Gasteiger partial charge >= 0.3 is 6.03 Å². The van der Waals surface area contributed by atoms with Gasteiger partial charge in [-0.3, -0.25) is 4.90 Å². The lowest BCUT2D eigenvalue weighted by atomic mass is 10.2. The van der Waals surface area contributed by atoms with Crippen molar-refractivity contribution in [1.82, 2.24) is 9.80 Å². The molecule has 1 aliphatic heterocycles. The second kappa shape index (κ2) is 7.28. The van der Waals surface area contributed by atoms with Gasteiger partial charge < -0.3 is 20.5 Å². The zero-order chi connectivity index (χ0) is 15.2. The number of hydrogen-bond acceptors (Lipinski definition) is 4. The van der Waals surface area contributed by atoms with Crippen molar-refractivity contribution in [3.05, 3.63) is 29.8 Å². The summed E-state index contributed by atoms with van der Waals surface area (Å²) in [6.07, 6.45) is -0.550. The third-order valence-electron chi connectivity index (χ3n) is 3.62. The number of carbonyl (C=O) groups is 1. The minimum Gasteiger partial charge on any atom is -0.491 e. The summed E-state index contributed by atoms with van der Waals surface area (Å²) in [7, 11) is 0. The first-order chi connectivity index (χ1) is 10.0. The Balaban J connectivity index is 1.69. The molecule has 2 amide bonds. The van der Waals surface area contributed by atoms with Crippen LogP contribution in [0.5, 0.6) is 5.75 Å². The van der Waals surface area contributed by atoms with Crippen LogP contribution in [0.1, 0.15) is 5.56 Å². The van der Waals surface area contributed by atoms with Gasteiger partial charge in [0, 0.05) is 32.7 Å². The molecule has 2 rings (SSSR count). The van der Waals surface area contributed by atoms with Gasteiger partial charge in [0.1, 0.15) is 18.5 Å². The van der Waals surface area contributed by atoms with Gasteiger partial charge in [-0.25, -0.2) is 4.79 Å². The molecule has 21 heavy (non-hydrogen) atoms. The number of ether oxygens (including phenoxy) is 1. The molecular weight excluding hydrogens is 270 g/mol. The number of urea groups is 1. The summed E-state index contributed by atoms with van der Waals surface area (Å²) in [5.74, 6) is 0.762. The topological polar surface area (TPSA) is 79.0 Å². The lowest BCUT2D eigenvalue weighted by Crippen LogP contribution is -2.52. The van der Waals surface area contributed by atoms with Crippen LogP contribution in [0.3, 0.4) is 0 Å².